The van der Waals surface area contributed by atoms with Gasteiger partial charge in [0.15, 0.2) is 0 Å². The zero-order valence-electron chi connectivity index (χ0n) is 15.8. The van der Waals surface area contributed by atoms with Gasteiger partial charge in [-0.3, -0.25) is 0 Å². The molecule has 144 valence electrons. The number of para-hydroxylation sites is 1. The average molecular weight is 359 g/mol. The van der Waals surface area contributed by atoms with Gasteiger partial charge in [-0.2, -0.15) is 0 Å². The fourth-order valence-electron chi connectivity index (χ4n) is 3.04. The maximum atomic E-state index is 9.90. The highest BCUT2D eigenvalue weighted by molar-refractivity contribution is 5.84. The van der Waals surface area contributed by atoms with Crippen LogP contribution in [0.5, 0.6) is 5.75 Å². The molecule has 1 heterocycles. The van der Waals surface area contributed by atoms with Crippen LogP contribution in [0.25, 0.3) is 10.9 Å². The minimum Gasteiger partial charge on any atom is -0.506 e. The van der Waals surface area contributed by atoms with Gasteiger partial charge in [-0.25, -0.2) is 4.98 Å². The van der Waals surface area contributed by atoms with Crippen molar-refractivity contribution < 1.29 is 5.11 Å². The van der Waals surface area contributed by atoms with Crippen molar-refractivity contribution >= 4 is 10.9 Å². The summed E-state index contributed by atoms with van der Waals surface area (Å²) in [6.07, 6.45) is 8.06. The van der Waals surface area contributed by atoms with Crippen molar-refractivity contribution in [2.75, 3.05) is 32.7 Å². The van der Waals surface area contributed by atoms with Crippen LogP contribution in [-0.4, -0.2) is 42.8 Å². The number of aromatic hydroxyl groups is 1. The van der Waals surface area contributed by atoms with E-state index in [1.54, 1.807) is 6.07 Å². The molecule has 0 fully saturated rings. The van der Waals surface area contributed by atoms with E-state index in [0.717, 1.165) is 63.1 Å². The van der Waals surface area contributed by atoms with E-state index in [0.29, 0.717) is 5.52 Å². The van der Waals surface area contributed by atoms with E-state index >= 15 is 0 Å². The lowest BCUT2D eigenvalue weighted by Crippen LogP contribution is -2.24. The van der Waals surface area contributed by atoms with E-state index in [4.69, 9.17) is 5.73 Å². The predicted molar refractivity (Wildman–Crippen MR) is 110 cm³/mol. The number of phenols is 1. The second-order valence-corrected chi connectivity index (χ2v) is 6.81. The molecular formula is C21H34N4O. The molecule has 0 atom stereocenters. The van der Waals surface area contributed by atoms with Crippen molar-refractivity contribution in [3.05, 3.63) is 36.0 Å². The summed E-state index contributed by atoms with van der Waals surface area (Å²) in [6, 6.07) is 9.65. The molecule has 0 saturated heterocycles. The zero-order chi connectivity index (χ0) is 18.5. The number of aryl methyl sites for hydroxylation is 1. The molecule has 5 nitrogen and oxygen atoms in total. The van der Waals surface area contributed by atoms with Crippen LogP contribution in [0.1, 0.15) is 44.2 Å². The van der Waals surface area contributed by atoms with Gasteiger partial charge in [0.25, 0.3) is 0 Å². The van der Waals surface area contributed by atoms with Crippen molar-refractivity contribution in [1.29, 1.82) is 0 Å². The Morgan fingerprint density at radius 2 is 1.54 bits per heavy atom. The van der Waals surface area contributed by atoms with Crippen LogP contribution in [0.3, 0.4) is 0 Å². The number of aromatic nitrogens is 1. The van der Waals surface area contributed by atoms with Gasteiger partial charge < -0.3 is 21.5 Å². The lowest BCUT2D eigenvalue weighted by Gasteiger charge is -2.06. The molecule has 0 unspecified atom stereocenters. The molecule has 26 heavy (non-hydrogen) atoms. The van der Waals surface area contributed by atoms with Crippen LogP contribution in [0.4, 0.5) is 0 Å². The molecule has 0 aliphatic carbocycles. The van der Waals surface area contributed by atoms with Crippen molar-refractivity contribution in [3.63, 3.8) is 0 Å². The fourth-order valence-corrected chi connectivity index (χ4v) is 3.04. The van der Waals surface area contributed by atoms with Crippen molar-refractivity contribution in [2.45, 2.75) is 44.9 Å². The Bertz CT molecular complexity index is 632. The summed E-state index contributed by atoms with van der Waals surface area (Å²) >= 11 is 0. The van der Waals surface area contributed by atoms with Crippen LogP contribution < -0.4 is 16.4 Å². The predicted octanol–water partition coefficient (Wildman–Crippen LogP) is 2.96. The summed E-state index contributed by atoms with van der Waals surface area (Å²) in [7, 11) is 0. The molecule has 5 N–H and O–H groups in total. The molecule has 0 saturated carbocycles. The molecule has 0 amide bonds. The first-order valence-corrected chi connectivity index (χ1v) is 10.0. The van der Waals surface area contributed by atoms with E-state index in [1.807, 2.05) is 18.2 Å². The molecule has 0 aliphatic heterocycles. The average Bonchev–Trinajstić information content (AvgIpc) is 2.66. The normalized spacial score (nSPS) is 11.3. The number of fused-ring (bicyclic) bond motifs is 1. The van der Waals surface area contributed by atoms with E-state index < -0.39 is 0 Å². The SMILES string of the molecule is NCCCNCCCNCCCCCCc1ccc2cccc(O)c2n1. The number of rotatable bonds is 14. The minimum atomic E-state index is 0.269. The zero-order valence-corrected chi connectivity index (χ0v) is 15.8. The first-order chi connectivity index (χ1) is 12.8. The van der Waals surface area contributed by atoms with Gasteiger partial charge in [0.2, 0.25) is 0 Å². The number of hydrogen-bond acceptors (Lipinski definition) is 5. The topological polar surface area (TPSA) is 83.2 Å². The maximum Gasteiger partial charge on any atom is 0.141 e. The van der Waals surface area contributed by atoms with Gasteiger partial charge in [-0.1, -0.05) is 31.0 Å². The molecule has 1 aromatic carbocycles. The number of unbranched alkanes of at least 4 members (excludes halogenated alkanes) is 3. The van der Waals surface area contributed by atoms with E-state index in [2.05, 4.69) is 21.7 Å². The number of nitrogens with one attached hydrogen (secondary N) is 2. The second kappa shape index (κ2) is 12.6. The van der Waals surface area contributed by atoms with Crippen LogP contribution in [0, 0.1) is 0 Å². The number of benzene rings is 1. The lowest BCUT2D eigenvalue weighted by atomic mass is 10.1. The summed E-state index contributed by atoms with van der Waals surface area (Å²) in [6.45, 7) is 5.05. The highest BCUT2D eigenvalue weighted by atomic mass is 16.3. The third-order valence-electron chi connectivity index (χ3n) is 4.56. The largest absolute Gasteiger partial charge is 0.506 e. The van der Waals surface area contributed by atoms with Gasteiger partial charge in [0.05, 0.1) is 0 Å². The van der Waals surface area contributed by atoms with E-state index in [9.17, 15) is 5.11 Å². The molecule has 0 aliphatic rings. The highest BCUT2D eigenvalue weighted by Crippen LogP contribution is 2.22. The fraction of sp³-hybridized carbons (Fsp3) is 0.571. The smallest absolute Gasteiger partial charge is 0.141 e. The minimum absolute atomic E-state index is 0.269. The molecular weight excluding hydrogens is 324 g/mol. The molecule has 0 spiro atoms. The maximum absolute atomic E-state index is 9.90. The number of pyridine rings is 1. The Balaban J connectivity index is 1.48. The third kappa shape index (κ3) is 7.68. The summed E-state index contributed by atoms with van der Waals surface area (Å²) in [5.74, 6) is 0.269. The highest BCUT2D eigenvalue weighted by Gasteiger charge is 2.02. The van der Waals surface area contributed by atoms with Crippen LogP contribution in [0.2, 0.25) is 0 Å². The van der Waals surface area contributed by atoms with Crippen LogP contribution in [0.15, 0.2) is 30.3 Å². The van der Waals surface area contributed by atoms with Crippen molar-refractivity contribution in [3.8, 4) is 5.75 Å². The number of nitrogens with zero attached hydrogens (tertiary/aromatic N) is 1. The van der Waals surface area contributed by atoms with Gasteiger partial charge in [0.1, 0.15) is 11.3 Å². The Hall–Kier alpha value is -1.69. The molecule has 5 heteroatoms. The summed E-state index contributed by atoms with van der Waals surface area (Å²) in [5, 5.41) is 17.8. The number of nitrogens with two attached hydrogens (primary N) is 1. The summed E-state index contributed by atoms with van der Waals surface area (Å²) in [5.41, 5.74) is 7.24. The van der Waals surface area contributed by atoms with E-state index in [1.165, 1.54) is 25.7 Å². The Morgan fingerprint density at radius 1 is 0.808 bits per heavy atom. The Morgan fingerprint density at radius 3 is 2.35 bits per heavy atom. The van der Waals surface area contributed by atoms with E-state index in [-0.39, 0.29) is 5.75 Å². The first kappa shape index (κ1) is 20.6. The van der Waals surface area contributed by atoms with Gasteiger partial charge >= 0.3 is 0 Å². The molecule has 2 aromatic rings. The quantitative estimate of drug-likeness (QED) is 0.390. The molecule has 1 aromatic heterocycles. The Labute approximate surface area is 157 Å². The molecule has 0 radical (unpaired) electrons. The van der Waals surface area contributed by atoms with Crippen LogP contribution in [-0.2, 0) is 6.42 Å². The monoisotopic (exact) mass is 358 g/mol. The van der Waals surface area contributed by atoms with Gasteiger partial charge in [-0.05, 0) is 77.0 Å². The summed E-state index contributed by atoms with van der Waals surface area (Å²) in [4.78, 5) is 4.59. The van der Waals surface area contributed by atoms with Crippen molar-refractivity contribution in [1.82, 2.24) is 15.6 Å². The standard InChI is InChI=1S/C21H34N4O/c22-13-6-15-24-17-7-16-23-14-4-2-1-3-9-19-12-11-18-8-5-10-20(26)21(18)25-19/h5,8,10-12,23-24,26H,1-4,6-7,9,13-17,22H2. The first-order valence-electron chi connectivity index (χ1n) is 10.0. The van der Waals surface area contributed by atoms with Gasteiger partial charge in [-0.15, -0.1) is 0 Å². The summed E-state index contributed by atoms with van der Waals surface area (Å²) < 4.78 is 0. The van der Waals surface area contributed by atoms with Crippen molar-refractivity contribution in [2.24, 2.45) is 5.73 Å². The number of hydrogen-bond donors (Lipinski definition) is 4. The lowest BCUT2D eigenvalue weighted by molar-refractivity contribution is 0.480. The molecule has 2 rings (SSSR count). The van der Waals surface area contributed by atoms with Crippen LogP contribution >= 0.6 is 0 Å². The number of phenolic OH excluding ortho intramolecular Hbond substituents is 1. The Kier molecular flexibility index (Phi) is 10.0. The third-order valence-corrected chi connectivity index (χ3v) is 4.56. The van der Waals surface area contributed by atoms with Gasteiger partial charge in [0, 0.05) is 11.1 Å². The second-order valence-electron chi connectivity index (χ2n) is 6.81. The molecule has 0 bridgehead atoms.